The summed E-state index contributed by atoms with van der Waals surface area (Å²) in [7, 11) is 1.92. The number of allylic oxidation sites excluding steroid dienone is 1. The third kappa shape index (κ3) is 2.80. The SMILES string of the molecule is CNC1=C=C(SCC(C)C)C=C1. The molecule has 0 aromatic carbocycles. The van der Waals surface area contributed by atoms with Gasteiger partial charge in [-0.05, 0) is 18.1 Å². The van der Waals surface area contributed by atoms with Gasteiger partial charge in [0.05, 0.1) is 10.6 Å². The van der Waals surface area contributed by atoms with Gasteiger partial charge < -0.3 is 5.32 Å². The monoisotopic (exact) mass is 181 g/mol. The molecule has 0 aromatic rings. The van der Waals surface area contributed by atoms with E-state index in [2.05, 4.69) is 37.0 Å². The number of hydrogen-bond donors (Lipinski definition) is 1. The lowest BCUT2D eigenvalue weighted by atomic mass is 10.3. The minimum atomic E-state index is 0.747. The van der Waals surface area contributed by atoms with Gasteiger partial charge in [-0.25, -0.2) is 0 Å². The highest BCUT2D eigenvalue weighted by atomic mass is 32.2. The van der Waals surface area contributed by atoms with Gasteiger partial charge in [-0.1, -0.05) is 19.6 Å². The van der Waals surface area contributed by atoms with Gasteiger partial charge in [0.15, 0.2) is 0 Å². The van der Waals surface area contributed by atoms with Gasteiger partial charge in [-0.2, -0.15) is 0 Å². The summed E-state index contributed by atoms with van der Waals surface area (Å²) in [5.41, 5.74) is 4.35. The molecule has 1 rings (SSSR count). The Morgan fingerprint density at radius 1 is 1.50 bits per heavy atom. The molecule has 0 bridgehead atoms. The molecule has 1 aliphatic rings. The molecule has 0 spiro atoms. The van der Waals surface area contributed by atoms with Gasteiger partial charge in [-0.3, -0.25) is 0 Å². The van der Waals surface area contributed by atoms with Gasteiger partial charge >= 0.3 is 0 Å². The summed E-state index contributed by atoms with van der Waals surface area (Å²) in [6, 6.07) is 0. The molecular weight excluding hydrogens is 166 g/mol. The fourth-order valence-electron chi connectivity index (χ4n) is 0.862. The van der Waals surface area contributed by atoms with Crippen molar-refractivity contribution < 1.29 is 0 Å². The molecule has 1 N–H and O–H groups in total. The van der Waals surface area contributed by atoms with Gasteiger partial charge in [0.2, 0.25) is 0 Å². The number of rotatable bonds is 4. The van der Waals surface area contributed by atoms with Crippen LogP contribution in [0.15, 0.2) is 28.5 Å². The van der Waals surface area contributed by atoms with E-state index < -0.39 is 0 Å². The summed E-state index contributed by atoms with van der Waals surface area (Å²) >= 11 is 1.87. The normalized spacial score (nSPS) is 15.0. The summed E-state index contributed by atoms with van der Waals surface area (Å²) in [6.45, 7) is 4.46. The zero-order chi connectivity index (χ0) is 8.97. The predicted octanol–water partition coefficient (Wildman–Crippen LogP) is 2.53. The fraction of sp³-hybridized carbons (Fsp3) is 0.500. The van der Waals surface area contributed by atoms with Crippen molar-refractivity contribution >= 4 is 11.8 Å². The maximum atomic E-state index is 3.27. The van der Waals surface area contributed by atoms with Gasteiger partial charge in [0.1, 0.15) is 0 Å². The summed E-state index contributed by atoms with van der Waals surface area (Å²) in [5.74, 6) is 1.92. The molecule has 12 heavy (non-hydrogen) atoms. The first-order chi connectivity index (χ1) is 5.72. The Bertz CT molecular complexity index is 245. The molecule has 0 saturated carbocycles. The van der Waals surface area contributed by atoms with Crippen LogP contribution in [-0.4, -0.2) is 12.8 Å². The third-order valence-electron chi connectivity index (χ3n) is 1.50. The van der Waals surface area contributed by atoms with Crippen molar-refractivity contribution in [3.05, 3.63) is 28.5 Å². The molecule has 0 amide bonds. The molecule has 0 unspecified atom stereocenters. The maximum Gasteiger partial charge on any atom is 0.0783 e. The maximum absolute atomic E-state index is 3.27. The zero-order valence-electron chi connectivity index (χ0n) is 7.85. The average molecular weight is 181 g/mol. The van der Waals surface area contributed by atoms with Crippen LogP contribution < -0.4 is 5.32 Å². The summed E-state index contributed by atoms with van der Waals surface area (Å²) < 4.78 is 0. The van der Waals surface area contributed by atoms with Crippen LogP contribution in [0.5, 0.6) is 0 Å². The number of nitrogens with one attached hydrogen (secondary N) is 1. The van der Waals surface area contributed by atoms with E-state index in [1.165, 1.54) is 10.7 Å². The summed E-state index contributed by atoms with van der Waals surface area (Å²) in [5, 5.41) is 3.07. The predicted molar refractivity (Wildman–Crippen MR) is 56.0 cm³/mol. The van der Waals surface area contributed by atoms with Crippen LogP contribution in [0, 0.1) is 5.92 Å². The van der Waals surface area contributed by atoms with E-state index in [-0.39, 0.29) is 0 Å². The van der Waals surface area contributed by atoms with Crippen molar-refractivity contribution in [2.24, 2.45) is 5.92 Å². The quantitative estimate of drug-likeness (QED) is 0.669. The fourth-order valence-corrected chi connectivity index (χ4v) is 1.72. The second-order valence-electron chi connectivity index (χ2n) is 3.19. The van der Waals surface area contributed by atoms with E-state index in [9.17, 15) is 0 Å². The van der Waals surface area contributed by atoms with Crippen molar-refractivity contribution in [3.8, 4) is 0 Å². The smallest absolute Gasteiger partial charge is 0.0783 e. The van der Waals surface area contributed by atoms with Crippen LogP contribution in [0.3, 0.4) is 0 Å². The van der Waals surface area contributed by atoms with E-state index in [0.717, 1.165) is 11.6 Å². The molecular formula is C10H15NS. The minimum absolute atomic E-state index is 0.747. The zero-order valence-corrected chi connectivity index (χ0v) is 8.66. The standard InChI is InChI=1S/C10H15NS/c1-8(2)7-12-10-5-4-9(6-10)11-3/h4-5,8,11H,7H2,1-3H3. The number of likely N-dealkylation sites (N-methyl/N-ethyl adjacent to an activating group) is 1. The molecule has 0 aliphatic heterocycles. The van der Waals surface area contributed by atoms with Crippen molar-refractivity contribution in [2.45, 2.75) is 13.8 Å². The van der Waals surface area contributed by atoms with Crippen LogP contribution >= 0.6 is 11.8 Å². The molecule has 0 fully saturated rings. The van der Waals surface area contributed by atoms with Crippen LogP contribution in [0.2, 0.25) is 0 Å². The molecule has 66 valence electrons. The first-order valence-corrected chi connectivity index (χ1v) is 5.20. The van der Waals surface area contributed by atoms with Crippen molar-refractivity contribution in [1.29, 1.82) is 0 Å². The first-order valence-electron chi connectivity index (χ1n) is 4.22. The molecule has 0 radical (unpaired) electrons. The van der Waals surface area contributed by atoms with Crippen LogP contribution in [0.1, 0.15) is 13.8 Å². The average Bonchev–Trinajstić information content (AvgIpc) is 2.48. The summed E-state index contributed by atoms with van der Waals surface area (Å²) in [4.78, 5) is 1.24. The molecule has 2 heteroatoms. The van der Waals surface area contributed by atoms with Crippen LogP contribution in [0.4, 0.5) is 0 Å². The third-order valence-corrected chi connectivity index (χ3v) is 2.88. The largest absolute Gasteiger partial charge is 0.382 e. The molecule has 0 heterocycles. The topological polar surface area (TPSA) is 12.0 Å². The van der Waals surface area contributed by atoms with Gasteiger partial charge in [0, 0.05) is 12.8 Å². The minimum Gasteiger partial charge on any atom is -0.382 e. The Balaban J connectivity index is 2.45. The number of hydrogen-bond acceptors (Lipinski definition) is 2. The Hall–Kier alpha value is -0.590. The van der Waals surface area contributed by atoms with E-state index in [1.807, 2.05) is 18.8 Å². The molecule has 0 saturated heterocycles. The highest BCUT2D eigenvalue weighted by molar-refractivity contribution is 8.03. The van der Waals surface area contributed by atoms with Crippen molar-refractivity contribution in [1.82, 2.24) is 5.32 Å². The van der Waals surface area contributed by atoms with Crippen LogP contribution in [0.25, 0.3) is 0 Å². The second kappa shape index (κ2) is 4.44. The van der Waals surface area contributed by atoms with Crippen molar-refractivity contribution in [2.75, 3.05) is 12.8 Å². The second-order valence-corrected chi connectivity index (χ2v) is 4.25. The Kier molecular flexibility index (Phi) is 3.51. The Labute approximate surface area is 78.6 Å². The molecule has 0 atom stereocenters. The van der Waals surface area contributed by atoms with E-state index in [1.54, 1.807) is 0 Å². The van der Waals surface area contributed by atoms with Gasteiger partial charge in [-0.15, -0.1) is 11.8 Å². The Morgan fingerprint density at radius 2 is 2.25 bits per heavy atom. The lowest BCUT2D eigenvalue weighted by Crippen LogP contribution is -1.99. The van der Waals surface area contributed by atoms with Crippen LogP contribution in [-0.2, 0) is 0 Å². The first kappa shape index (κ1) is 9.50. The molecule has 1 aliphatic carbocycles. The molecule has 1 nitrogen and oxygen atoms in total. The van der Waals surface area contributed by atoms with Crippen molar-refractivity contribution in [3.63, 3.8) is 0 Å². The van der Waals surface area contributed by atoms with E-state index >= 15 is 0 Å². The van der Waals surface area contributed by atoms with E-state index in [0.29, 0.717) is 0 Å². The highest BCUT2D eigenvalue weighted by Crippen LogP contribution is 2.22. The lowest BCUT2D eigenvalue weighted by molar-refractivity contribution is 0.751. The summed E-state index contributed by atoms with van der Waals surface area (Å²) in [6.07, 6.45) is 4.17. The highest BCUT2D eigenvalue weighted by Gasteiger charge is 2.01. The van der Waals surface area contributed by atoms with E-state index in [4.69, 9.17) is 0 Å². The number of thioether (sulfide) groups is 1. The van der Waals surface area contributed by atoms with Gasteiger partial charge in [0.25, 0.3) is 0 Å². The molecule has 0 aromatic heterocycles. The Morgan fingerprint density at radius 3 is 2.75 bits per heavy atom. The lowest BCUT2D eigenvalue weighted by Gasteiger charge is -2.01.